The van der Waals surface area contributed by atoms with Crippen molar-refractivity contribution in [3.8, 4) is 16.9 Å². The number of halogens is 1. The Balaban J connectivity index is 1.58. The summed E-state index contributed by atoms with van der Waals surface area (Å²) in [5.41, 5.74) is 3.48. The number of hydrogen-bond acceptors (Lipinski definition) is 6. The van der Waals surface area contributed by atoms with E-state index in [1.165, 1.54) is 0 Å². The summed E-state index contributed by atoms with van der Waals surface area (Å²) < 4.78 is 21.3. The average molecular weight is 368 g/mol. The Bertz CT molecular complexity index is 985. The average Bonchev–Trinajstić information content (AvgIpc) is 3.34. The van der Waals surface area contributed by atoms with Gasteiger partial charge in [-0.3, -0.25) is 0 Å². The number of fused-ring (bicyclic) bond motifs is 1. The molecule has 0 radical (unpaired) electrons. The van der Waals surface area contributed by atoms with Crippen LogP contribution in [0.1, 0.15) is 24.5 Å². The van der Waals surface area contributed by atoms with Crippen molar-refractivity contribution in [2.45, 2.75) is 31.0 Å². The van der Waals surface area contributed by atoms with Crippen LogP contribution in [0.3, 0.4) is 0 Å². The summed E-state index contributed by atoms with van der Waals surface area (Å²) in [7, 11) is 1.66. The topological polar surface area (TPSA) is 76.4 Å². The van der Waals surface area contributed by atoms with Crippen LogP contribution in [0, 0.1) is 0 Å². The maximum Gasteiger partial charge on any atom is 0.163 e. The fourth-order valence-electron chi connectivity index (χ4n) is 3.61. The fourth-order valence-corrected chi connectivity index (χ4v) is 3.61. The van der Waals surface area contributed by atoms with E-state index in [2.05, 4.69) is 20.7 Å². The third-order valence-electron chi connectivity index (χ3n) is 5.23. The minimum Gasteiger partial charge on any atom is -0.493 e. The van der Waals surface area contributed by atoms with Gasteiger partial charge in [-0.05, 0) is 25.0 Å². The summed E-state index contributed by atoms with van der Waals surface area (Å²) in [4.78, 5) is 9.31. The standard InChI is InChI=1S/C19H21FN6O/c1-27-16-10-26-19(25-17(16)11-4-5-11)13(7-23-26)12-3-2-6-22-18(12)24-15-9-21-8-14(15)20/h2-3,6-7,10-11,14-15,21H,4-5,8-9H2,1H3,(H,22,24)/t14-,15-/m0/s1. The lowest BCUT2D eigenvalue weighted by Crippen LogP contribution is -2.30. The number of hydrogen-bond donors (Lipinski definition) is 2. The summed E-state index contributed by atoms with van der Waals surface area (Å²) in [5, 5.41) is 10.7. The molecule has 0 bridgehead atoms. The normalized spacial score (nSPS) is 22.3. The quantitative estimate of drug-likeness (QED) is 0.720. The third kappa shape index (κ3) is 2.90. The van der Waals surface area contributed by atoms with Crippen molar-refractivity contribution in [3.05, 3.63) is 36.4 Å². The highest BCUT2D eigenvalue weighted by molar-refractivity contribution is 5.84. The van der Waals surface area contributed by atoms with Gasteiger partial charge in [0.15, 0.2) is 11.4 Å². The van der Waals surface area contributed by atoms with E-state index in [0.717, 1.165) is 41.1 Å². The lowest BCUT2D eigenvalue weighted by molar-refractivity contribution is 0.342. The molecule has 0 spiro atoms. The van der Waals surface area contributed by atoms with Gasteiger partial charge in [-0.25, -0.2) is 18.9 Å². The highest BCUT2D eigenvalue weighted by atomic mass is 19.1. The summed E-state index contributed by atoms with van der Waals surface area (Å²) in [6.07, 6.45) is 6.69. The van der Waals surface area contributed by atoms with Gasteiger partial charge in [0.25, 0.3) is 0 Å². The molecule has 1 aliphatic carbocycles. The number of anilines is 1. The summed E-state index contributed by atoms with van der Waals surface area (Å²) in [5.74, 6) is 1.87. The molecule has 27 heavy (non-hydrogen) atoms. The first-order chi connectivity index (χ1) is 13.2. The van der Waals surface area contributed by atoms with Gasteiger partial charge in [-0.15, -0.1) is 0 Å². The molecule has 5 rings (SSSR count). The molecular weight excluding hydrogens is 347 g/mol. The molecule has 1 saturated heterocycles. The van der Waals surface area contributed by atoms with Crippen LogP contribution in [0.5, 0.6) is 5.75 Å². The first kappa shape index (κ1) is 16.4. The van der Waals surface area contributed by atoms with Crippen LogP contribution in [0.25, 0.3) is 16.8 Å². The Morgan fingerprint density at radius 1 is 1.30 bits per heavy atom. The van der Waals surface area contributed by atoms with Crippen molar-refractivity contribution in [2.75, 3.05) is 25.5 Å². The van der Waals surface area contributed by atoms with Crippen molar-refractivity contribution in [1.29, 1.82) is 0 Å². The van der Waals surface area contributed by atoms with Crippen LogP contribution >= 0.6 is 0 Å². The highest BCUT2D eigenvalue weighted by Gasteiger charge is 2.30. The molecule has 2 aliphatic rings. The van der Waals surface area contributed by atoms with E-state index in [4.69, 9.17) is 9.72 Å². The zero-order chi connectivity index (χ0) is 18.4. The van der Waals surface area contributed by atoms with E-state index in [1.54, 1.807) is 24.0 Å². The van der Waals surface area contributed by atoms with Gasteiger partial charge in [0.2, 0.25) is 0 Å². The van der Waals surface area contributed by atoms with Crippen molar-refractivity contribution in [2.24, 2.45) is 0 Å². The van der Waals surface area contributed by atoms with Crippen LogP contribution in [0.15, 0.2) is 30.7 Å². The van der Waals surface area contributed by atoms with E-state index in [1.807, 2.05) is 18.3 Å². The van der Waals surface area contributed by atoms with Crippen LogP contribution in [-0.4, -0.2) is 52.0 Å². The number of ether oxygens (including phenoxy) is 1. The van der Waals surface area contributed by atoms with E-state index in [9.17, 15) is 4.39 Å². The van der Waals surface area contributed by atoms with Crippen LogP contribution in [-0.2, 0) is 0 Å². The van der Waals surface area contributed by atoms with Gasteiger partial charge < -0.3 is 15.4 Å². The minimum atomic E-state index is -0.937. The second-order valence-electron chi connectivity index (χ2n) is 7.12. The van der Waals surface area contributed by atoms with Crippen LogP contribution in [0.2, 0.25) is 0 Å². The number of alkyl halides is 1. The molecule has 0 unspecified atom stereocenters. The molecule has 1 aliphatic heterocycles. The predicted molar refractivity (Wildman–Crippen MR) is 99.9 cm³/mol. The molecule has 140 valence electrons. The van der Waals surface area contributed by atoms with Gasteiger partial charge in [0.05, 0.1) is 36.8 Å². The molecule has 2 fully saturated rings. The second kappa shape index (κ2) is 6.45. The van der Waals surface area contributed by atoms with Gasteiger partial charge in [0.1, 0.15) is 12.0 Å². The molecular formula is C19H21FN6O. The summed E-state index contributed by atoms with van der Waals surface area (Å²) >= 11 is 0. The number of rotatable bonds is 5. The van der Waals surface area contributed by atoms with Crippen LogP contribution in [0.4, 0.5) is 10.2 Å². The van der Waals surface area contributed by atoms with Crippen molar-refractivity contribution in [3.63, 3.8) is 0 Å². The van der Waals surface area contributed by atoms with Gasteiger partial charge in [-0.1, -0.05) is 0 Å². The number of aromatic nitrogens is 4. The molecule has 7 nitrogen and oxygen atoms in total. The minimum absolute atomic E-state index is 0.296. The smallest absolute Gasteiger partial charge is 0.163 e. The lowest BCUT2D eigenvalue weighted by atomic mass is 10.1. The van der Waals surface area contributed by atoms with Crippen molar-refractivity contribution >= 4 is 11.5 Å². The maximum absolute atomic E-state index is 14.0. The Morgan fingerprint density at radius 3 is 2.93 bits per heavy atom. The first-order valence-corrected chi connectivity index (χ1v) is 9.23. The Labute approximate surface area is 156 Å². The van der Waals surface area contributed by atoms with Gasteiger partial charge in [0, 0.05) is 30.8 Å². The molecule has 1 saturated carbocycles. The van der Waals surface area contributed by atoms with Gasteiger partial charge in [-0.2, -0.15) is 5.10 Å². The zero-order valence-electron chi connectivity index (χ0n) is 15.0. The fraction of sp³-hybridized carbons (Fsp3) is 0.421. The van der Waals surface area contributed by atoms with Crippen LogP contribution < -0.4 is 15.4 Å². The van der Waals surface area contributed by atoms with Gasteiger partial charge >= 0.3 is 0 Å². The number of nitrogens with zero attached hydrogens (tertiary/aromatic N) is 4. The van der Waals surface area contributed by atoms with E-state index in [-0.39, 0.29) is 6.04 Å². The number of pyridine rings is 1. The summed E-state index contributed by atoms with van der Waals surface area (Å²) in [6.45, 7) is 0.940. The maximum atomic E-state index is 14.0. The monoisotopic (exact) mass is 368 g/mol. The first-order valence-electron chi connectivity index (χ1n) is 9.23. The van der Waals surface area contributed by atoms with E-state index >= 15 is 0 Å². The molecule has 3 aromatic rings. The molecule has 3 aromatic heterocycles. The number of nitrogens with one attached hydrogen (secondary N) is 2. The lowest BCUT2D eigenvalue weighted by Gasteiger charge is -2.17. The molecule has 0 aromatic carbocycles. The van der Waals surface area contributed by atoms with Crippen molar-refractivity contribution < 1.29 is 9.13 Å². The second-order valence-corrected chi connectivity index (χ2v) is 7.12. The molecule has 2 N–H and O–H groups in total. The predicted octanol–water partition coefficient (Wildman–Crippen LogP) is 2.40. The summed E-state index contributed by atoms with van der Waals surface area (Å²) in [6, 6.07) is 3.54. The molecule has 2 atom stereocenters. The third-order valence-corrected chi connectivity index (χ3v) is 5.23. The SMILES string of the molecule is COc1cn2ncc(-c3cccnc3N[C@H]3CNC[C@@H]3F)c2nc1C1CC1. The van der Waals surface area contributed by atoms with Crippen molar-refractivity contribution in [1.82, 2.24) is 24.9 Å². The largest absolute Gasteiger partial charge is 0.493 e. The number of methoxy groups -OCH3 is 1. The zero-order valence-corrected chi connectivity index (χ0v) is 15.0. The Hall–Kier alpha value is -2.74. The highest BCUT2D eigenvalue weighted by Crippen LogP contribution is 2.43. The molecule has 0 amide bonds. The van der Waals surface area contributed by atoms with E-state index < -0.39 is 6.17 Å². The Morgan fingerprint density at radius 2 is 2.19 bits per heavy atom. The van der Waals surface area contributed by atoms with E-state index in [0.29, 0.717) is 24.8 Å². The molecule has 4 heterocycles. The Kier molecular flexibility index (Phi) is 3.93. The molecule has 8 heteroatoms.